The highest BCUT2D eigenvalue weighted by molar-refractivity contribution is 7.13. The molecule has 5 rings (SSSR count). The number of thiazole rings is 1. The van der Waals surface area contributed by atoms with E-state index in [1.807, 2.05) is 0 Å². The molecule has 3 amide bonds. The maximum atomic E-state index is 12.6. The van der Waals surface area contributed by atoms with Crippen LogP contribution in [0.3, 0.4) is 0 Å². The summed E-state index contributed by atoms with van der Waals surface area (Å²) in [6.07, 6.45) is 0.0496. The third-order valence-corrected chi connectivity index (χ3v) is 6.54. The molecule has 3 aliphatic heterocycles. The van der Waals surface area contributed by atoms with Gasteiger partial charge in [-0.1, -0.05) is 0 Å². The van der Waals surface area contributed by atoms with E-state index in [2.05, 4.69) is 20.7 Å². The number of carbonyl (C=O) groups excluding carboxylic acids is 3. The number of carbonyl (C=O) groups is 3. The maximum Gasteiger partial charge on any atom is 0.289 e. The van der Waals surface area contributed by atoms with Gasteiger partial charge in [-0.25, -0.2) is 4.98 Å². The van der Waals surface area contributed by atoms with Crippen LogP contribution < -0.4 is 30.1 Å². The predicted molar refractivity (Wildman–Crippen MR) is 119 cm³/mol. The van der Waals surface area contributed by atoms with Crippen molar-refractivity contribution in [2.45, 2.75) is 6.42 Å². The second-order valence-corrected chi connectivity index (χ2v) is 8.63. The van der Waals surface area contributed by atoms with E-state index in [9.17, 15) is 14.4 Å². The first-order valence-electron chi connectivity index (χ1n) is 10.7. The molecule has 12 heteroatoms. The molecule has 2 fully saturated rings. The molecule has 1 aromatic carbocycles. The Morgan fingerprint density at radius 3 is 2.67 bits per heavy atom. The quantitative estimate of drug-likeness (QED) is 0.618. The second kappa shape index (κ2) is 9.24. The standard InChI is InChI=1S/C21H23N5O6S/c27-18-9-13(11-26(18)14-1-2-16-17(10-14)32-8-7-31-16)19(28)23-24-20(29)15-12-33-21(22-15)25-3-5-30-6-4-25/h1-2,10,12-13H,3-9,11H2,(H,23,28)(H,24,29). The first-order valence-corrected chi connectivity index (χ1v) is 11.5. The Labute approximate surface area is 193 Å². The van der Waals surface area contributed by atoms with Gasteiger partial charge in [-0.15, -0.1) is 11.3 Å². The Balaban J connectivity index is 1.16. The van der Waals surface area contributed by atoms with Gasteiger partial charge in [0.15, 0.2) is 16.6 Å². The number of ether oxygens (including phenoxy) is 3. The summed E-state index contributed by atoms with van der Waals surface area (Å²) in [5, 5.41) is 2.39. The van der Waals surface area contributed by atoms with E-state index >= 15 is 0 Å². The van der Waals surface area contributed by atoms with E-state index in [0.29, 0.717) is 43.6 Å². The fourth-order valence-corrected chi connectivity index (χ4v) is 4.75. The average molecular weight is 474 g/mol. The van der Waals surface area contributed by atoms with E-state index < -0.39 is 17.7 Å². The molecule has 0 radical (unpaired) electrons. The van der Waals surface area contributed by atoms with Gasteiger partial charge in [0.25, 0.3) is 5.91 Å². The second-order valence-electron chi connectivity index (χ2n) is 7.79. The maximum absolute atomic E-state index is 12.6. The number of hydrogen-bond acceptors (Lipinski definition) is 9. The van der Waals surface area contributed by atoms with Crippen molar-refractivity contribution < 1.29 is 28.6 Å². The zero-order chi connectivity index (χ0) is 22.8. The van der Waals surface area contributed by atoms with Crippen LogP contribution >= 0.6 is 11.3 Å². The summed E-state index contributed by atoms with van der Waals surface area (Å²) in [7, 11) is 0. The monoisotopic (exact) mass is 473 g/mol. The van der Waals surface area contributed by atoms with Gasteiger partial charge in [0.05, 0.1) is 19.1 Å². The number of fused-ring (bicyclic) bond motifs is 1. The zero-order valence-electron chi connectivity index (χ0n) is 17.7. The van der Waals surface area contributed by atoms with Gasteiger partial charge >= 0.3 is 0 Å². The van der Waals surface area contributed by atoms with Crippen molar-refractivity contribution in [2.75, 3.05) is 55.9 Å². The van der Waals surface area contributed by atoms with Gasteiger partial charge in [-0.2, -0.15) is 0 Å². The summed E-state index contributed by atoms with van der Waals surface area (Å²) in [4.78, 5) is 45.5. The van der Waals surface area contributed by atoms with Crippen molar-refractivity contribution in [3.8, 4) is 11.5 Å². The number of aromatic nitrogens is 1. The summed E-state index contributed by atoms with van der Waals surface area (Å²) < 4.78 is 16.4. The number of rotatable bonds is 4. The molecule has 174 valence electrons. The number of benzene rings is 1. The molecule has 4 heterocycles. The van der Waals surface area contributed by atoms with E-state index in [4.69, 9.17) is 14.2 Å². The molecular weight excluding hydrogens is 450 g/mol. The fraction of sp³-hybridized carbons (Fsp3) is 0.429. The largest absolute Gasteiger partial charge is 0.486 e. The van der Waals surface area contributed by atoms with Gasteiger partial charge in [0.1, 0.15) is 18.9 Å². The van der Waals surface area contributed by atoms with Crippen LogP contribution in [0, 0.1) is 5.92 Å². The molecule has 11 nitrogen and oxygen atoms in total. The third-order valence-electron chi connectivity index (χ3n) is 5.64. The molecule has 0 saturated carbocycles. The van der Waals surface area contributed by atoms with Crippen molar-refractivity contribution in [2.24, 2.45) is 5.92 Å². The number of hydrogen-bond donors (Lipinski definition) is 2. The zero-order valence-corrected chi connectivity index (χ0v) is 18.6. The third kappa shape index (κ3) is 4.57. The van der Waals surface area contributed by atoms with E-state index in [1.165, 1.54) is 11.3 Å². The number of nitrogens with zero attached hydrogens (tertiary/aromatic N) is 3. The first-order chi connectivity index (χ1) is 16.1. The molecule has 1 unspecified atom stereocenters. The lowest BCUT2D eigenvalue weighted by atomic mass is 10.1. The molecule has 2 aromatic rings. The predicted octanol–water partition coefficient (Wildman–Crippen LogP) is 0.565. The fourth-order valence-electron chi connectivity index (χ4n) is 3.89. The van der Waals surface area contributed by atoms with Crippen molar-refractivity contribution >= 4 is 39.9 Å². The van der Waals surface area contributed by atoms with Crippen LogP contribution in [0.4, 0.5) is 10.8 Å². The van der Waals surface area contributed by atoms with E-state index in [0.717, 1.165) is 18.2 Å². The summed E-state index contributed by atoms with van der Waals surface area (Å²) in [6, 6.07) is 5.26. The molecular formula is C21H23N5O6S. The van der Waals surface area contributed by atoms with Crippen LogP contribution in [0.2, 0.25) is 0 Å². The van der Waals surface area contributed by atoms with Gasteiger partial charge in [0.2, 0.25) is 11.8 Å². The average Bonchev–Trinajstić information content (AvgIpc) is 3.50. The van der Waals surface area contributed by atoms with Crippen LogP contribution in [-0.2, 0) is 14.3 Å². The first kappa shape index (κ1) is 21.5. The number of amides is 3. The summed E-state index contributed by atoms with van der Waals surface area (Å²) >= 11 is 1.37. The van der Waals surface area contributed by atoms with Crippen LogP contribution in [-0.4, -0.2) is 68.8 Å². The van der Waals surface area contributed by atoms with Crippen molar-refractivity contribution in [3.63, 3.8) is 0 Å². The lowest BCUT2D eigenvalue weighted by Gasteiger charge is -2.25. The molecule has 0 bridgehead atoms. The Hall–Kier alpha value is -3.38. The normalized spacial score (nSPS) is 20.0. The lowest BCUT2D eigenvalue weighted by molar-refractivity contribution is -0.126. The molecule has 3 aliphatic rings. The number of nitrogens with one attached hydrogen (secondary N) is 2. The molecule has 1 aromatic heterocycles. The number of hydrazine groups is 1. The smallest absolute Gasteiger partial charge is 0.289 e. The van der Waals surface area contributed by atoms with Gasteiger partial charge in [-0.3, -0.25) is 25.2 Å². The van der Waals surface area contributed by atoms with Crippen molar-refractivity contribution in [3.05, 3.63) is 29.3 Å². The van der Waals surface area contributed by atoms with Crippen LogP contribution in [0.15, 0.2) is 23.6 Å². The molecule has 2 N–H and O–H groups in total. The highest BCUT2D eigenvalue weighted by Crippen LogP contribution is 2.36. The van der Waals surface area contributed by atoms with Gasteiger partial charge in [0, 0.05) is 43.2 Å². The SMILES string of the molecule is O=C(NNC(=O)C1CC(=O)N(c2ccc3c(c2)OCCO3)C1)c1csc(N2CCOCC2)n1. The highest BCUT2D eigenvalue weighted by atomic mass is 32.1. The van der Waals surface area contributed by atoms with Gasteiger partial charge < -0.3 is 24.0 Å². The van der Waals surface area contributed by atoms with Crippen LogP contribution in [0.25, 0.3) is 0 Å². The number of morpholine rings is 1. The van der Waals surface area contributed by atoms with Crippen molar-refractivity contribution in [1.82, 2.24) is 15.8 Å². The van der Waals surface area contributed by atoms with Crippen LogP contribution in [0.5, 0.6) is 11.5 Å². The minimum atomic E-state index is -0.592. The lowest BCUT2D eigenvalue weighted by Crippen LogP contribution is -2.45. The van der Waals surface area contributed by atoms with E-state index in [1.54, 1.807) is 28.5 Å². The van der Waals surface area contributed by atoms with Crippen molar-refractivity contribution in [1.29, 1.82) is 0 Å². The minimum absolute atomic E-state index is 0.0496. The summed E-state index contributed by atoms with van der Waals surface area (Å²) in [5.74, 6) is -0.496. The molecule has 0 aliphatic carbocycles. The van der Waals surface area contributed by atoms with E-state index in [-0.39, 0.29) is 24.6 Å². The van der Waals surface area contributed by atoms with Gasteiger partial charge in [-0.05, 0) is 12.1 Å². The molecule has 0 spiro atoms. The molecule has 33 heavy (non-hydrogen) atoms. The minimum Gasteiger partial charge on any atom is -0.486 e. The Bertz CT molecular complexity index is 1070. The highest BCUT2D eigenvalue weighted by Gasteiger charge is 2.36. The Kier molecular flexibility index (Phi) is 6.01. The number of anilines is 2. The molecule has 1 atom stereocenters. The Morgan fingerprint density at radius 2 is 1.85 bits per heavy atom. The topological polar surface area (TPSA) is 122 Å². The molecule has 2 saturated heterocycles. The summed E-state index contributed by atoms with van der Waals surface area (Å²) in [5.41, 5.74) is 5.69. The van der Waals surface area contributed by atoms with Crippen LogP contribution in [0.1, 0.15) is 16.9 Å². The summed E-state index contributed by atoms with van der Waals surface area (Å²) in [6.45, 7) is 3.83. The Morgan fingerprint density at radius 1 is 1.06 bits per heavy atom.